The van der Waals surface area contributed by atoms with E-state index in [0.717, 1.165) is 16.6 Å². The molecule has 3 rings (SSSR count). The average molecular weight is 262 g/mol. The molecule has 0 aliphatic rings. The van der Waals surface area contributed by atoms with E-state index in [2.05, 4.69) is 11.1 Å². The first-order valence-electron chi connectivity index (χ1n) is 6.04. The molecule has 2 N–H and O–H groups in total. The number of nitrogens with zero attached hydrogens (tertiary/aromatic N) is 1. The summed E-state index contributed by atoms with van der Waals surface area (Å²) in [6.45, 7) is 0. The van der Waals surface area contributed by atoms with Crippen LogP contribution in [0.2, 0.25) is 0 Å². The van der Waals surface area contributed by atoms with Gasteiger partial charge in [-0.3, -0.25) is 0 Å². The van der Waals surface area contributed by atoms with Gasteiger partial charge in [-0.2, -0.15) is 5.26 Å². The van der Waals surface area contributed by atoms with Gasteiger partial charge in [-0.25, -0.2) is 4.79 Å². The summed E-state index contributed by atoms with van der Waals surface area (Å²) in [7, 11) is 0. The van der Waals surface area contributed by atoms with Gasteiger partial charge in [-0.15, -0.1) is 0 Å². The first-order chi connectivity index (χ1) is 9.69. The fraction of sp³-hybridized carbons (Fsp3) is 0. The van der Waals surface area contributed by atoms with Crippen LogP contribution in [0.1, 0.15) is 15.9 Å². The zero-order valence-corrected chi connectivity index (χ0v) is 10.4. The molecular weight excluding hydrogens is 252 g/mol. The number of benzene rings is 2. The topological polar surface area (TPSA) is 76.9 Å². The van der Waals surface area contributed by atoms with Crippen molar-refractivity contribution in [3.63, 3.8) is 0 Å². The van der Waals surface area contributed by atoms with Crippen LogP contribution in [-0.2, 0) is 0 Å². The third-order valence-corrected chi connectivity index (χ3v) is 3.26. The van der Waals surface area contributed by atoms with Crippen LogP contribution in [0.15, 0.2) is 48.7 Å². The second kappa shape index (κ2) is 4.56. The van der Waals surface area contributed by atoms with Crippen LogP contribution in [0.5, 0.6) is 0 Å². The van der Waals surface area contributed by atoms with Crippen molar-refractivity contribution >= 4 is 16.9 Å². The summed E-state index contributed by atoms with van der Waals surface area (Å²) in [5, 5.41) is 18.6. The lowest BCUT2D eigenvalue weighted by molar-refractivity contribution is 0.0699. The van der Waals surface area contributed by atoms with E-state index in [1.165, 1.54) is 6.20 Å². The van der Waals surface area contributed by atoms with Gasteiger partial charge < -0.3 is 10.1 Å². The Kier molecular flexibility index (Phi) is 2.73. The number of carboxylic acid groups (broad SMARTS) is 1. The van der Waals surface area contributed by atoms with Crippen LogP contribution in [0, 0.1) is 11.3 Å². The molecule has 0 aliphatic carbocycles. The second-order valence-corrected chi connectivity index (χ2v) is 4.46. The minimum Gasteiger partial charge on any atom is -0.478 e. The summed E-state index contributed by atoms with van der Waals surface area (Å²) in [5.41, 5.74) is 3.52. The van der Waals surface area contributed by atoms with Gasteiger partial charge in [0.05, 0.1) is 17.2 Å². The Morgan fingerprint density at radius 3 is 2.45 bits per heavy atom. The molecule has 2 aromatic carbocycles. The Balaban J connectivity index is 2.14. The second-order valence-electron chi connectivity index (χ2n) is 4.46. The molecule has 0 saturated heterocycles. The van der Waals surface area contributed by atoms with Gasteiger partial charge in [-0.1, -0.05) is 18.2 Å². The quantitative estimate of drug-likeness (QED) is 0.743. The monoisotopic (exact) mass is 262 g/mol. The van der Waals surface area contributed by atoms with Crippen molar-refractivity contribution in [1.29, 1.82) is 5.26 Å². The van der Waals surface area contributed by atoms with Gasteiger partial charge >= 0.3 is 5.97 Å². The molecule has 1 aromatic heterocycles. The number of nitrogens with one attached hydrogen (secondary N) is 1. The molecule has 0 spiro atoms. The SMILES string of the molecule is N#Cc1ccc(-c2ccc3[nH]cc(C(=O)O)c3c2)cc1. The number of fused-ring (bicyclic) bond motifs is 1. The highest BCUT2D eigenvalue weighted by Crippen LogP contribution is 2.26. The number of rotatable bonds is 2. The van der Waals surface area contributed by atoms with Gasteiger partial charge in [0.25, 0.3) is 0 Å². The summed E-state index contributed by atoms with van der Waals surface area (Å²) < 4.78 is 0. The highest BCUT2D eigenvalue weighted by atomic mass is 16.4. The molecule has 1 heterocycles. The van der Waals surface area contributed by atoms with E-state index in [-0.39, 0.29) is 5.56 Å². The molecule has 0 radical (unpaired) electrons. The van der Waals surface area contributed by atoms with E-state index in [1.54, 1.807) is 12.1 Å². The summed E-state index contributed by atoms with van der Waals surface area (Å²) in [6, 6.07) is 14.9. The maximum atomic E-state index is 11.2. The van der Waals surface area contributed by atoms with Crippen LogP contribution < -0.4 is 0 Å². The molecule has 4 nitrogen and oxygen atoms in total. The number of hydrogen-bond donors (Lipinski definition) is 2. The highest BCUT2D eigenvalue weighted by molar-refractivity contribution is 6.04. The van der Waals surface area contributed by atoms with E-state index in [0.29, 0.717) is 10.9 Å². The van der Waals surface area contributed by atoms with E-state index in [9.17, 15) is 4.79 Å². The van der Waals surface area contributed by atoms with Gasteiger partial charge in [0, 0.05) is 17.1 Å². The van der Waals surface area contributed by atoms with Crippen molar-refractivity contribution in [2.45, 2.75) is 0 Å². The summed E-state index contributed by atoms with van der Waals surface area (Å²) in [4.78, 5) is 14.1. The number of aromatic carboxylic acids is 1. The van der Waals surface area contributed by atoms with Crippen LogP contribution >= 0.6 is 0 Å². The van der Waals surface area contributed by atoms with Gasteiger partial charge in [0.1, 0.15) is 0 Å². The summed E-state index contributed by atoms with van der Waals surface area (Å²) in [5.74, 6) is -0.951. The lowest BCUT2D eigenvalue weighted by Gasteiger charge is -2.02. The lowest BCUT2D eigenvalue weighted by Crippen LogP contribution is -1.93. The van der Waals surface area contributed by atoms with Gasteiger partial charge in [0.15, 0.2) is 0 Å². The molecule has 0 atom stereocenters. The van der Waals surface area contributed by atoms with Crippen molar-refractivity contribution in [2.24, 2.45) is 0 Å². The molecule has 0 unspecified atom stereocenters. The molecule has 0 saturated carbocycles. The Bertz CT molecular complexity index is 839. The number of hydrogen-bond acceptors (Lipinski definition) is 2. The Labute approximate surface area is 114 Å². The van der Waals surface area contributed by atoms with Crippen LogP contribution in [0.4, 0.5) is 0 Å². The fourth-order valence-corrected chi connectivity index (χ4v) is 2.21. The van der Waals surface area contributed by atoms with E-state index in [1.807, 2.05) is 30.3 Å². The first-order valence-corrected chi connectivity index (χ1v) is 6.04. The molecule has 0 bridgehead atoms. The maximum Gasteiger partial charge on any atom is 0.337 e. The number of H-pyrrole nitrogens is 1. The maximum absolute atomic E-state index is 11.2. The van der Waals surface area contributed by atoms with E-state index >= 15 is 0 Å². The fourth-order valence-electron chi connectivity index (χ4n) is 2.21. The molecule has 3 aromatic rings. The minimum atomic E-state index is -0.951. The van der Waals surface area contributed by atoms with Crippen LogP contribution in [-0.4, -0.2) is 16.1 Å². The van der Waals surface area contributed by atoms with Crippen molar-refractivity contribution in [2.75, 3.05) is 0 Å². The van der Waals surface area contributed by atoms with Crippen LogP contribution in [0.3, 0.4) is 0 Å². The number of carboxylic acids is 1. The number of nitriles is 1. The standard InChI is InChI=1S/C16H10N2O2/c17-8-10-1-3-11(4-2-10)12-5-6-15-13(7-12)14(9-18-15)16(19)20/h1-7,9,18H,(H,19,20). The normalized spacial score (nSPS) is 10.3. The largest absolute Gasteiger partial charge is 0.478 e. The minimum absolute atomic E-state index is 0.260. The Morgan fingerprint density at radius 1 is 1.10 bits per heavy atom. The lowest BCUT2D eigenvalue weighted by atomic mass is 10.0. The summed E-state index contributed by atoms with van der Waals surface area (Å²) in [6.07, 6.45) is 1.50. The number of aromatic amines is 1. The Morgan fingerprint density at radius 2 is 1.80 bits per heavy atom. The predicted molar refractivity (Wildman–Crippen MR) is 75.4 cm³/mol. The van der Waals surface area contributed by atoms with E-state index < -0.39 is 5.97 Å². The van der Waals surface area contributed by atoms with Gasteiger partial charge in [-0.05, 0) is 35.4 Å². The zero-order valence-electron chi connectivity index (χ0n) is 10.4. The zero-order chi connectivity index (χ0) is 14.1. The van der Waals surface area contributed by atoms with Crippen molar-refractivity contribution in [3.05, 3.63) is 59.8 Å². The average Bonchev–Trinajstić information content (AvgIpc) is 2.90. The first kappa shape index (κ1) is 12.0. The van der Waals surface area contributed by atoms with Crippen molar-refractivity contribution in [3.8, 4) is 17.2 Å². The molecule has 0 amide bonds. The highest BCUT2D eigenvalue weighted by Gasteiger charge is 2.11. The smallest absolute Gasteiger partial charge is 0.337 e. The van der Waals surface area contributed by atoms with Crippen molar-refractivity contribution < 1.29 is 9.90 Å². The molecule has 0 fully saturated rings. The van der Waals surface area contributed by atoms with Gasteiger partial charge in [0.2, 0.25) is 0 Å². The summed E-state index contributed by atoms with van der Waals surface area (Å²) >= 11 is 0. The third kappa shape index (κ3) is 1.91. The molecular formula is C16H10N2O2. The molecule has 96 valence electrons. The number of carbonyl (C=O) groups is 1. The molecule has 4 heteroatoms. The Hall–Kier alpha value is -3.06. The number of aromatic nitrogens is 1. The molecule has 0 aliphatic heterocycles. The molecule has 20 heavy (non-hydrogen) atoms. The predicted octanol–water partition coefficient (Wildman–Crippen LogP) is 3.40. The van der Waals surface area contributed by atoms with E-state index in [4.69, 9.17) is 10.4 Å². The van der Waals surface area contributed by atoms with Crippen LogP contribution in [0.25, 0.3) is 22.0 Å². The third-order valence-electron chi connectivity index (χ3n) is 3.26. The van der Waals surface area contributed by atoms with Crippen molar-refractivity contribution in [1.82, 2.24) is 4.98 Å².